The van der Waals surface area contributed by atoms with E-state index in [2.05, 4.69) is 35.7 Å². The van der Waals surface area contributed by atoms with Gasteiger partial charge in [-0.25, -0.2) is 18.4 Å². The van der Waals surface area contributed by atoms with Gasteiger partial charge in [-0.15, -0.1) is 0 Å². The van der Waals surface area contributed by atoms with Crippen molar-refractivity contribution >= 4 is 37.4 Å². The van der Waals surface area contributed by atoms with E-state index >= 15 is 0 Å². The van der Waals surface area contributed by atoms with Crippen molar-refractivity contribution in [3.63, 3.8) is 0 Å². The van der Waals surface area contributed by atoms with Crippen molar-refractivity contribution in [2.45, 2.75) is 23.8 Å². The smallest absolute Gasteiger partial charge is 0.225 e. The van der Waals surface area contributed by atoms with Crippen LogP contribution in [0.4, 0.5) is 11.6 Å². The Morgan fingerprint density at radius 1 is 1.12 bits per heavy atom. The van der Waals surface area contributed by atoms with Crippen LogP contribution in [0.15, 0.2) is 46.0 Å². The summed E-state index contributed by atoms with van der Waals surface area (Å²) in [5.74, 6) is 0.735. The zero-order valence-corrected chi connectivity index (χ0v) is 16.7. The fraction of sp³-hybridized carbons (Fsp3) is 0.412. The lowest BCUT2D eigenvalue weighted by Gasteiger charge is -2.37. The van der Waals surface area contributed by atoms with Gasteiger partial charge >= 0.3 is 0 Å². The molecule has 1 aromatic carbocycles. The van der Waals surface area contributed by atoms with E-state index in [1.807, 2.05) is 19.2 Å². The average Bonchev–Trinajstić information content (AvgIpc) is 2.61. The Morgan fingerprint density at radius 3 is 2.20 bits per heavy atom. The normalized spacial score (nSPS) is 16.0. The van der Waals surface area contributed by atoms with Crippen LogP contribution >= 0.6 is 15.9 Å². The third-order valence-corrected chi connectivity index (χ3v) is 6.10. The van der Waals surface area contributed by atoms with Gasteiger partial charge in [0.2, 0.25) is 5.95 Å². The van der Waals surface area contributed by atoms with Crippen LogP contribution in [-0.2, 0) is 9.84 Å². The molecule has 1 saturated heterocycles. The molecule has 0 spiro atoms. The van der Waals surface area contributed by atoms with Gasteiger partial charge in [-0.2, -0.15) is 0 Å². The van der Waals surface area contributed by atoms with Crippen LogP contribution in [0, 0.1) is 0 Å². The van der Waals surface area contributed by atoms with Crippen molar-refractivity contribution in [3.8, 4) is 0 Å². The number of halogens is 1. The van der Waals surface area contributed by atoms with E-state index in [-0.39, 0.29) is 0 Å². The van der Waals surface area contributed by atoms with E-state index in [0.717, 1.165) is 42.0 Å². The molecule has 2 heterocycles. The van der Waals surface area contributed by atoms with E-state index in [1.165, 1.54) is 6.26 Å². The summed E-state index contributed by atoms with van der Waals surface area (Å²) in [4.78, 5) is 13.5. The number of sulfone groups is 1. The maximum atomic E-state index is 11.6. The number of benzene rings is 1. The first-order valence-electron chi connectivity index (χ1n) is 8.10. The molecule has 1 aliphatic rings. The molecule has 2 aromatic rings. The Labute approximate surface area is 156 Å². The topological polar surface area (TPSA) is 66.4 Å². The molecule has 25 heavy (non-hydrogen) atoms. The summed E-state index contributed by atoms with van der Waals surface area (Å²) < 4.78 is 24.0. The monoisotopic (exact) mass is 424 g/mol. The standard InChI is InChI=1S/C17H21BrN4O2S/c1-21(17-19-11-13(18)12-20-17)14-7-9-22(10-8-14)15-3-5-16(6-4-15)25(2,23)24/h3-6,11-12,14H,7-10H2,1-2H3. The molecule has 0 atom stereocenters. The lowest BCUT2D eigenvalue weighted by molar-refractivity contribution is 0.477. The third kappa shape index (κ3) is 4.30. The van der Waals surface area contributed by atoms with E-state index in [9.17, 15) is 8.42 Å². The van der Waals surface area contributed by atoms with Gasteiger partial charge in [0.15, 0.2) is 9.84 Å². The molecule has 0 radical (unpaired) electrons. The number of hydrogen-bond acceptors (Lipinski definition) is 6. The predicted octanol–water partition coefficient (Wildman–Crippen LogP) is 2.75. The van der Waals surface area contributed by atoms with Crippen molar-refractivity contribution < 1.29 is 8.42 Å². The Bertz CT molecular complexity index is 817. The molecule has 0 saturated carbocycles. The van der Waals surface area contributed by atoms with Gasteiger partial charge in [-0.3, -0.25) is 0 Å². The largest absolute Gasteiger partial charge is 0.371 e. The van der Waals surface area contributed by atoms with Gasteiger partial charge in [0.1, 0.15) is 0 Å². The van der Waals surface area contributed by atoms with Crippen molar-refractivity contribution in [1.82, 2.24) is 9.97 Å². The molecule has 3 rings (SSSR count). The van der Waals surface area contributed by atoms with Crippen molar-refractivity contribution in [2.24, 2.45) is 0 Å². The van der Waals surface area contributed by atoms with Gasteiger partial charge in [0.25, 0.3) is 0 Å². The van der Waals surface area contributed by atoms with E-state index in [1.54, 1.807) is 24.5 Å². The maximum absolute atomic E-state index is 11.6. The lowest BCUT2D eigenvalue weighted by atomic mass is 10.0. The minimum atomic E-state index is -3.15. The van der Waals surface area contributed by atoms with Crippen LogP contribution in [0.1, 0.15) is 12.8 Å². The summed E-state index contributed by atoms with van der Waals surface area (Å²) in [6.45, 7) is 1.84. The Morgan fingerprint density at radius 2 is 1.68 bits per heavy atom. The summed E-state index contributed by atoms with van der Waals surface area (Å²) in [7, 11) is -1.11. The third-order valence-electron chi connectivity index (χ3n) is 4.56. The zero-order chi connectivity index (χ0) is 18.0. The molecule has 1 fully saturated rings. The molecular formula is C17H21BrN4O2S. The molecule has 134 valence electrons. The van der Waals surface area contributed by atoms with Crippen LogP contribution in [0.5, 0.6) is 0 Å². The highest BCUT2D eigenvalue weighted by atomic mass is 79.9. The summed E-state index contributed by atoms with van der Waals surface area (Å²) in [6.07, 6.45) is 6.76. The molecule has 8 heteroatoms. The molecule has 0 amide bonds. The van der Waals surface area contributed by atoms with Crippen molar-refractivity contribution in [2.75, 3.05) is 36.2 Å². The second-order valence-corrected chi connectivity index (χ2v) is 9.23. The summed E-state index contributed by atoms with van der Waals surface area (Å²) >= 11 is 3.35. The molecule has 0 bridgehead atoms. The van der Waals surface area contributed by atoms with E-state index in [4.69, 9.17) is 0 Å². The lowest BCUT2D eigenvalue weighted by Crippen LogP contribution is -2.44. The Hall–Kier alpha value is -1.67. The SMILES string of the molecule is CN(c1ncc(Br)cn1)C1CCN(c2ccc(S(C)(=O)=O)cc2)CC1. The van der Waals surface area contributed by atoms with Crippen molar-refractivity contribution in [3.05, 3.63) is 41.1 Å². The first-order valence-corrected chi connectivity index (χ1v) is 10.8. The van der Waals surface area contributed by atoms with Crippen LogP contribution in [0.3, 0.4) is 0 Å². The fourth-order valence-corrected chi connectivity index (χ4v) is 3.90. The number of hydrogen-bond donors (Lipinski definition) is 0. The predicted molar refractivity (Wildman–Crippen MR) is 103 cm³/mol. The van der Waals surface area contributed by atoms with Gasteiger partial charge in [-0.1, -0.05) is 0 Å². The van der Waals surface area contributed by atoms with Crippen LogP contribution in [-0.4, -0.2) is 50.8 Å². The maximum Gasteiger partial charge on any atom is 0.225 e. The highest BCUT2D eigenvalue weighted by Crippen LogP contribution is 2.25. The summed E-state index contributed by atoms with van der Waals surface area (Å²) in [5, 5.41) is 0. The van der Waals surface area contributed by atoms with E-state index < -0.39 is 9.84 Å². The van der Waals surface area contributed by atoms with Crippen LogP contribution < -0.4 is 9.80 Å². The minimum Gasteiger partial charge on any atom is -0.371 e. The zero-order valence-electron chi connectivity index (χ0n) is 14.3. The highest BCUT2D eigenvalue weighted by molar-refractivity contribution is 9.10. The second-order valence-electron chi connectivity index (χ2n) is 6.30. The molecule has 0 unspecified atom stereocenters. The molecular weight excluding hydrogens is 404 g/mol. The first kappa shape index (κ1) is 18.1. The number of anilines is 2. The van der Waals surface area contributed by atoms with Crippen molar-refractivity contribution in [1.29, 1.82) is 0 Å². The number of nitrogens with zero attached hydrogens (tertiary/aromatic N) is 4. The number of aromatic nitrogens is 2. The molecule has 0 aliphatic carbocycles. The average molecular weight is 425 g/mol. The highest BCUT2D eigenvalue weighted by Gasteiger charge is 2.24. The Kier molecular flexibility index (Phi) is 5.29. The molecule has 1 aromatic heterocycles. The van der Waals surface area contributed by atoms with Gasteiger partial charge in [-0.05, 0) is 53.0 Å². The van der Waals surface area contributed by atoms with Gasteiger partial charge < -0.3 is 9.80 Å². The molecule has 6 nitrogen and oxygen atoms in total. The molecule has 0 N–H and O–H groups in total. The molecule has 1 aliphatic heterocycles. The van der Waals surface area contributed by atoms with Gasteiger partial charge in [0, 0.05) is 50.5 Å². The number of rotatable bonds is 4. The quantitative estimate of drug-likeness (QED) is 0.751. The second kappa shape index (κ2) is 7.29. The summed E-state index contributed by atoms with van der Waals surface area (Å²) in [5.41, 5.74) is 1.06. The van der Waals surface area contributed by atoms with E-state index in [0.29, 0.717) is 10.9 Å². The van der Waals surface area contributed by atoms with Crippen LogP contribution in [0.2, 0.25) is 0 Å². The number of piperidine rings is 1. The summed E-state index contributed by atoms with van der Waals surface area (Å²) in [6, 6.07) is 7.53. The first-order chi connectivity index (χ1) is 11.8. The van der Waals surface area contributed by atoms with Crippen LogP contribution in [0.25, 0.3) is 0 Å². The fourth-order valence-electron chi connectivity index (χ4n) is 3.07. The Balaban J connectivity index is 1.62. The minimum absolute atomic E-state index is 0.359. The van der Waals surface area contributed by atoms with Gasteiger partial charge in [0.05, 0.1) is 9.37 Å².